The summed E-state index contributed by atoms with van der Waals surface area (Å²) in [4.78, 5) is 11.1. The lowest BCUT2D eigenvalue weighted by Gasteiger charge is -2.21. The molecule has 0 aliphatic rings. The average Bonchev–Trinajstić information content (AvgIpc) is 2.15. The summed E-state index contributed by atoms with van der Waals surface area (Å²) in [6.07, 6.45) is 2.50. The molecule has 4 heteroatoms. The lowest BCUT2D eigenvalue weighted by molar-refractivity contribution is 0.0695. The van der Waals surface area contributed by atoms with Crippen molar-refractivity contribution in [3.05, 3.63) is 42.0 Å². The molecule has 0 aliphatic carbocycles. The molecule has 0 aromatic heterocycles. The maximum atomic E-state index is 11.1. The number of carbonyl (C=O) groups is 1. The summed E-state index contributed by atoms with van der Waals surface area (Å²) in [5, 5.41) is 9.10. The first-order valence-corrected chi connectivity index (χ1v) is 8.90. The van der Waals surface area contributed by atoms with Gasteiger partial charge in [-0.2, -0.15) is 0 Å². The molecule has 1 N–H and O–H groups in total. The minimum atomic E-state index is -1.81. The van der Waals surface area contributed by atoms with Gasteiger partial charge in [0.1, 0.15) is 5.75 Å². The smallest absolute Gasteiger partial charge is 0.339 e. The molecule has 0 heterocycles. The molecule has 0 amide bonds. The zero-order valence-corrected chi connectivity index (χ0v) is 11.5. The Bertz CT molecular complexity index is 433. The van der Waals surface area contributed by atoms with Crippen LogP contribution in [0, 0.1) is 0 Å². The van der Waals surface area contributed by atoms with Gasteiger partial charge in [0.15, 0.2) is 0 Å². The number of allylic oxidation sites excluding steroid dienone is 1. The van der Waals surface area contributed by atoms with Crippen LogP contribution in [0.15, 0.2) is 30.9 Å². The molecule has 0 fully saturated rings. The van der Waals surface area contributed by atoms with E-state index in [0.717, 1.165) is 5.56 Å². The van der Waals surface area contributed by atoms with Crippen molar-refractivity contribution in [1.82, 2.24) is 0 Å². The van der Waals surface area contributed by atoms with Gasteiger partial charge in [0.05, 0.1) is 5.56 Å². The van der Waals surface area contributed by atoms with Crippen LogP contribution in [0.1, 0.15) is 15.9 Å². The standard InChI is InChI=1S/C13H18O3Si/c1-5-6-10-7-8-11(13(14)15)12(9-10)16-17(2,3)4/h5,7-9H,1,6H2,2-4H3,(H,14,15). The van der Waals surface area contributed by atoms with E-state index in [4.69, 9.17) is 9.53 Å². The van der Waals surface area contributed by atoms with Crippen molar-refractivity contribution in [3.8, 4) is 5.75 Å². The SMILES string of the molecule is C=CCc1ccc(C(=O)O)c(O[Si](C)(C)C)c1. The van der Waals surface area contributed by atoms with E-state index in [1.165, 1.54) is 0 Å². The van der Waals surface area contributed by atoms with Crippen molar-refractivity contribution >= 4 is 14.3 Å². The molecule has 17 heavy (non-hydrogen) atoms. The molecular weight excluding hydrogens is 232 g/mol. The monoisotopic (exact) mass is 250 g/mol. The lowest BCUT2D eigenvalue weighted by Crippen LogP contribution is -2.30. The third kappa shape index (κ3) is 4.07. The summed E-state index contributed by atoms with van der Waals surface area (Å²) in [6, 6.07) is 5.18. The van der Waals surface area contributed by atoms with Gasteiger partial charge < -0.3 is 9.53 Å². The largest absolute Gasteiger partial charge is 0.544 e. The molecular formula is C13H18O3Si. The molecule has 0 bridgehead atoms. The van der Waals surface area contributed by atoms with E-state index in [9.17, 15) is 4.79 Å². The van der Waals surface area contributed by atoms with Crippen molar-refractivity contribution < 1.29 is 14.3 Å². The maximum absolute atomic E-state index is 11.1. The van der Waals surface area contributed by atoms with Crippen LogP contribution in [0.4, 0.5) is 0 Å². The highest BCUT2D eigenvalue weighted by Gasteiger charge is 2.20. The first-order valence-electron chi connectivity index (χ1n) is 5.49. The Morgan fingerprint density at radius 3 is 2.59 bits per heavy atom. The van der Waals surface area contributed by atoms with E-state index in [2.05, 4.69) is 6.58 Å². The topological polar surface area (TPSA) is 46.5 Å². The maximum Gasteiger partial charge on any atom is 0.339 e. The van der Waals surface area contributed by atoms with Crippen molar-refractivity contribution in [2.45, 2.75) is 26.1 Å². The van der Waals surface area contributed by atoms with E-state index in [1.807, 2.05) is 19.6 Å². The second-order valence-electron chi connectivity index (χ2n) is 4.84. The molecule has 0 unspecified atom stereocenters. The number of benzene rings is 1. The number of carboxylic acids is 1. The van der Waals surface area contributed by atoms with Crippen molar-refractivity contribution in [2.24, 2.45) is 0 Å². The van der Waals surface area contributed by atoms with Crippen LogP contribution in [0.3, 0.4) is 0 Å². The Hall–Kier alpha value is -1.55. The summed E-state index contributed by atoms with van der Waals surface area (Å²) in [5.74, 6) is -0.487. The van der Waals surface area contributed by atoms with E-state index < -0.39 is 14.3 Å². The minimum Gasteiger partial charge on any atom is -0.544 e. The summed E-state index contributed by atoms with van der Waals surface area (Å²) in [6.45, 7) is 9.75. The molecule has 1 aromatic carbocycles. The number of aromatic carboxylic acids is 1. The molecule has 0 spiro atoms. The molecule has 92 valence electrons. The molecule has 1 aromatic rings. The second kappa shape index (κ2) is 5.18. The van der Waals surface area contributed by atoms with Crippen LogP contribution in [0.2, 0.25) is 19.6 Å². The molecule has 1 rings (SSSR count). The fraction of sp³-hybridized carbons (Fsp3) is 0.308. The van der Waals surface area contributed by atoms with Crippen LogP contribution >= 0.6 is 0 Å². The fourth-order valence-electron chi connectivity index (χ4n) is 1.45. The van der Waals surface area contributed by atoms with E-state index in [-0.39, 0.29) is 5.56 Å². The highest BCUT2D eigenvalue weighted by Crippen LogP contribution is 2.24. The number of rotatable bonds is 5. The Kier molecular flexibility index (Phi) is 4.12. The zero-order chi connectivity index (χ0) is 13.1. The van der Waals surface area contributed by atoms with Gasteiger partial charge in [0, 0.05) is 0 Å². The third-order valence-electron chi connectivity index (χ3n) is 2.07. The molecule has 0 saturated heterocycles. The Balaban J connectivity index is 3.15. The second-order valence-corrected chi connectivity index (χ2v) is 9.27. The first kappa shape index (κ1) is 13.5. The number of hydrogen-bond donors (Lipinski definition) is 1. The summed E-state index contributed by atoms with van der Waals surface area (Å²) in [5.41, 5.74) is 1.23. The Morgan fingerprint density at radius 2 is 2.12 bits per heavy atom. The lowest BCUT2D eigenvalue weighted by atomic mass is 10.1. The third-order valence-corrected chi connectivity index (χ3v) is 2.90. The molecule has 0 radical (unpaired) electrons. The number of carboxylic acid groups (broad SMARTS) is 1. The van der Waals surface area contributed by atoms with Gasteiger partial charge in [-0.25, -0.2) is 4.79 Å². The normalized spacial score (nSPS) is 11.0. The molecule has 0 saturated carbocycles. The summed E-state index contributed by atoms with van der Waals surface area (Å²) < 4.78 is 5.80. The van der Waals surface area contributed by atoms with Gasteiger partial charge >= 0.3 is 5.97 Å². The van der Waals surface area contributed by atoms with E-state index in [0.29, 0.717) is 12.2 Å². The van der Waals surface area contributed by atoms with Crippen molar-refractivity contribution in [1.29, 1.82) is 0 Å². The quantitative estimate of drug-likeness (QED) is 0.644. The van der Waals surface area contributed by atoms with Gasteiger partial charge in [0.25, 0.3) is 0 Å². The minimum absolute atomic E-state index is 0.222. The molecule has 0 atom stereocenters. The van der Waals surface area contributed by atoms with E-state index >= 15 is 0 Å². The van der Waals surface area contributed by atoms with Crippen LogP contribution in [-0.2, 0) is 6.42 Å². The van der Waals surface area contributed by atoms with Gasteiger partial charge in [-0.1, -0.05) is 12.1 Å². The van der Waals surface area contributed by atoms with Crippen molar-refractivity contribution in [3.63, 3.8) is 0 Å². The molecule has 3 nitrogen and oxygen atoms in total. The highest BCUT2D eigenvalue weighted by atomic mass is 28.4. The predicted octanol–water partition coefficient (Wildman–Crippen LogP) is 3.33. The van der Waals surface area contributed by atoms with Crippen LogP contribution in [0.5, 0.6) is 5.75 Å². The molecule has 0 aliphatic heterocycles. The van der Waals surface area contributed by atoms with E-state index in [1.54, 1.807) is 24.3 Å². The van der Waals surface area contributed by atoms with Crippen LogP contribution in [-0.4, -0.2) is 19.4 Å². The van der Waals surface area contributed by atoms with Crippen LogP contribution in [0.25, 0.3) is 0 Å². The van der Waals surface area contributed by atoms with Crippen LogP contribution < -0.4 is 4.43 Å². The first-order chi connectivity index (χ1) is 7.83. The average molecular weight is 250 g/mol. The Morgan fingerprint density at radius 1 is 1.47 bits per heavy atom. The Labute approximate surface area is 103 Å². The zero-order valence-electron chi connectivity index (χ0n) is 10.5. The fourth-order valence-corrected chi connectivity index (χ4v) is 2.28. The van der Waals surface area contributed by atoms with Gasteiger partial charge in [0.2, 0.25) is 8.32 Å². The van der Waals surface area contributed by atoms with Gasteiger partial charge in [-0.05, 0) is 43.8 Å². The number of hydrogen-bond acceptors (Lipinski definition) is 2. The summed E-state index contributed by atoms with van der Waals surface area (Å²) >= 11 is 0. The van der Waals surface area contributed by atoms with Gasteiger partial charge in [-0.3, -0.25) is 0 Å². The summed E-state index contributed by atoms with van der Waals surface area (Å²) in [7, 11) is -1.81. The predicted molar refractivity (Wildman–Crippen MR) is 71.3 cm³/mol. The van der Waals surface area contributed by atoms with Crippen molar-refractivity contribution in [2.75, 3.05) is 0 Å². The van der Waals surface area contributed by atoms with Gasteiger partial charge in [-0.15, -0.1) is 6.58 Å². The highest BCUT2D eigenvalue weighted by molar-refractivity contribution is 6.70.